The van der Waals surface area contributed by atoms with Gasteiger partial charge in [-0.05, 0) is 26.0 Å². The number of fused-ring (bicyclic) bond motifs is 1. The third-order valence-corrected chi connectivity index (χ3v) is 5.82. The predicted octanol–water partition coefficient (Wildman–Crippen LogP) is 4.74. The fraction of sp³-hybridized carbons (Fsp3) is 0.286. The Morgan fingerprint density at radius 3 is 2.52 bits per heavy atom. The van der Waals surface area contributed by atoms with Crippen molar-refractivity contribution >= 4 is 28.1 Å². The molecule has 12 heteroatoms. The Hall–Kier alpha value is -3.41. The van der Waals surface area contributed by atoms with E-state index in [9.17, 15) is 22.4 Å². The first kappa shape index (κ1) is 22.8. The van der Waals surface area contributed by atoms with E-state index in [-0.39, 0.29) is 12.1 Å². The first-order valence-corrected chi connectivity index (χ1v) is 10.7. The highest BCUT2D eigenvalue weighted by Crippen LogP contribution is 2.33. The van der Waals surface area contributed by atoms with Crippen LogP contribution in [0.2, 0.25) is 0 Å². The van der Waals surface area contributed by atoms with E-state index in [0.29, 0.717) is 21.7 Å². The Morgan fingerprint density at radius 1 is 1.18 bits per heavy atom. The molecule has 4 aromatic rings. The average molecular weight is 478 g/mol. The van der Waals surface area contributed by atoms with Crippen LogP contribution in [0.25, 0.3) is 21.5 Å². The van der Waals surface area contributed by atoms with Gasteiger partial charge >= 0.3 is 6.18 Å². The number of benzene rings is 1. The molecule has 7 nitrogen and oxygen atoms in total. The second-order valence-corrected chi connectivity index (χ2v) is 8.58. The van der Waals surface area contributed by atoms with Crippen LogP contribution in [0, 0.1) is 6.92 Å². The third kappa shape index (κ3) is 4.85. The zero-order chi connectivity index (χ0) is 23.8. The van der Waals surface area contributed by atoms with Crippen LogP contribution in [0.4, 0.5) is 17.6 Å². The Morgan fingerprint density at radius 2 is 1.91 bits per heavy atom. The monoisotopic (exact) mass is 478 g/mol. The number of alkyl halides is 4. The second-order valence-electron chi connectivity index (χ2n) is 7.35. The summed E-state index contributed by atoms with van der Waals surface area (Å²) in [6, 6.07) is 2.61. The van der Waals surface area contributed by atoms with E-state index >= 15 is 0 Å². The van der Waals surface area contributed by atoms with Crippen molar-refractivity contribution in [3.8, 4) is 10.6 Å². The predicted molar refractivity (Wildman–Crippen MR) is 114 cm³/mol. The van der Waals surface area contributed by atoms with E-state index in [0.717, 1.165) is 22.7 Å². The van der Waals surface area contributed by atoms with Crippen LogP contribution >= 0.6 is 11.3 Å². The summed E-state index contributed by atoms with van der Waals surface area (Å²) in [7, 11) is 0. The first-order valence-electron chi connectivity index (χ1n) is 9.85. The molecule has 0 bridgehead atoms. The number of nitrogens with one attached hydrogen (secondary N) is 1. The van der Waals surface area contributed by atoms with E-state index in [1.54, 1.807) is 31.5 Å². The van der Waals surface area contributed by atoms with Gasteiger partial charge in [-0.1, -0.05) is 0 Å². The number of aryl methyl sites for hydroxylation is 2. The van der Waals surface area contributed by atoms with Crippen LogP contribution in [-0.4, -0.2) is 37.3 Å². The van der Waals surface area contributed by atoms with Crippen molar-refractivity contribution in [2.75, 3.05) is 6.67 Å². The molecule has 1 N–H and O–H groups in total. The highest BCUT2D eigenvalue weighted by Gasteiger charge is 2.34. The lowest BCUT2D eigenvalue weighted by Gasteiger charge is -2.15. The van der Waals surface area contributed by atoms with E-state index < -0.39 is 30.6 Å². The van der Waals surface area contributed by atoms with Crippen LogP contribution in [-0.2, 0) is 12.7 Å². The largest absolute Gasteiger partial charge is 0.451 e. The Balaban J connectivity index is 1.65. The van der Waals surface area contributed by atoms with Crippen LogP contribution in [0.1, 0.15) is 39.6 Å². The standard InChI is InChI=1S/C21H18F4N6OS/c1-11-7-26-19(33-11)15-5-13(6-17-16(15)10-31(30-17)4-3-22)18(32)29-12(2)14-8-27-20(28-9-14)21(23,24)25/h5-10,12H,3-4H2,1-2H3,(H,29,32)/t12-/m1/s1. The topological polar surface area (TPSA) is 85.6 Å². The quantitative estimate of drug-likeness (QED) is 0.405. The van der Waals surface area contributed by atoms with E-state index in [4.69, 9.17) is 0 Å². The lowest BCUT2D eigenvalue weighted by atomic mass is 10.1. The van der Waals surface area contributed by atoms with E-state index in [1.807, 2.05) is 6.92 Å². The van der Waals surface area contributed by atoms with Crippen molar-refractivity contribution in [2.45, 2.75) is 32.6 Å². The molecule has 0 spiro atoms. The van der Waals surface area contributed by atoms with Crippen molar-refractivity contribution in [3.05, 3.63) is 58.7 Å². The molecule has 172 valence electrons. The first-order chi connectivity index (χ1) is 15.7. The minimum absolute atomic E-state index is 0.0809. The molecule has 0 aliphatic rings. The van der Waals surface area contributed by atoms with Crippen LogP contribution < -0.4 is 5.32 Å². The molecule has 4 rings (SSSR count). The normalized spacial score (nSPS) is 12.8. The van der Waals surface area contributed by atoms with E-state index in [2.05, 4.69) is 25.4 Å². The highest BCUT2D eigenvalue weighted by molar-refractivity contribution is 7.15. The lowest BCUT2D eigenvalue weighted by Crippen LogP contribution is -2.27. The molecule has 0 saturated heterocycles. The summed E-state index contributed by atoms with van der Waals surface area (Å²) in [5.41, 5.74) is 1.80. The molecule has 0 aliphatic carbocycles. The number of carbonyl (C=O) groups excluding carboxylic acids is 1. The average Bonchev–Trinajstić information content (AvgIpc) is 3.38. The van der Waals surface area contributed by atoms with Crippen LogP contribution in [0.15, 0.2) is 36.9 Å². The minimum atomic E-state index is -4.64. The maximum absolute atomic E-state index is 13.0. The Kier molecular flexibility index (Phi) is 6.11. The van der Waals surface area contributed by atoms with Gasteiger partial charge in [0.2, 0.25) is 5.82 Å². The second kappa shape index (κ2) is 8.85. The maximum Gasteiger partial charge on any atom is 0.451 e. The van der Waals surface area contributed by atoms with Gasteiger partial charge < -0.3 is 5.32 Å². The molecule has 0 fully saturated rings. The number of thiazole rings is 1. The van der Waals surface area contributed by atoms with Crippen molar-refractivity contribution in [1.29, 1.82) is 0 Å². The number of hydrogen-bond donors (Lipinski definition) is 1. The summed E-state index contributed by atoms with van der Waals surface area (Å²) in [6.45, 7) is 3.02. The molecule has 1 aromatic carbocycles. The van der Waals surface area contributed by atoms with Gasteiger partial charge in [-0.2, -0.15) is 18.3 Å². The number of carbonyl (C=O) groups is 1. The van der Waals surface area contributed by atoms with Gasteiger partial charge in [0.05, 0.1) is 18.1 Å². The number of amides is 1. The third-order valence-electron chi connectivity index (χ3n) is 4.87. The maximum atomic E-state index is 13.0. The summed E-state index contributed by atoms with van der Waals surface area (Å²) in [5, 5.41) is 8.52. The molecule has 0 saturated carbocycles. The SMILES string of the molecule is Cc1cnc(-c2cc(C(=O)N[C@H](C)c3cnc(C(F)(F)F)nc3)cc3nn(CCF)cc23)s1. The van der Waals surface area contributed by atoms with Crippen LogP contribution in [0.5, 0.6) is 0 Å². The van der Waals surface area contributed by atoms with Crippen LogP contribution in [0.3, 0.4) is 0 Å². The van der Waals surface area contributed by atoms with Gasteiger partial charge in [0.1, 0.15) is 11.7 Å². The summed E-state index contributed by atoms with van der Waals surface area (Å²) in [6.07, 6.45) is 0.859. The molecule has 1 amide bonds. The summed E-state index contributed by atoms with van der Waals surface area (Å²) >= 11 is 1.45. The van der Waals surface area contributed by atoms with E-state index in [1.165, 1.54) is 16.0 Å². The number of rotatable bonds is 6. The minimum Gasteiger partial charge on any atom is -0.345 e. The lowest BCUT2D eigenvalue weighted by molar-refractivity contribution is -0.145. The van der Waals surface area contributed by atoms with Crippen molar-refractivity contribution < 1.29 is 22.4 Å². The summed E-state index contributed by atoms with van der Waals surface area (Å²) in [4.78, 5) is 25.0. The number of halogens is 4. The Labute approximate surface area is 189 Å². The number of nitrogens with zero attached hydrogens (tertiary/aromatic N) is 5. The smallest absolute Gasteiger partial charge is 0.345 e. The van der Waals surface area contributed by atoms with Crippen molar-refractivity contribution in [2.24, 2.45) is 0 Å². The zero-order valence-electron chi connectivity index (χ0n) is 17.5. The fourth-order valence-electron chi connectivity index (χ4n) is 3.23. The van der Waals surface area contributed by atoms with Gasteiger partial charge in [-0.15, -0.1) is 11.3 Å². The number of hydrogen-bond acceptors (Lipinski definition) is 6. The van der Waals surface area contributed by atoms with Crippen molar-refractivity contribution in [1.82, 2.24) is 30.0 Å². The molecule has 1 atom stereocenters. The molecular weight excluding hydrogens is 460 g/mol. The highest BCUT2D eigenvalue weighted by atomic mass is 32.1. The molecule has 3 aromatic heterocycles. The molecular formula is C21H18F4N6OS. The van der Waals surface area contributed by atoms with Gasteiger partial charge in [-0.3, -0.25) is 9.48 Å². The van der Waals surface area contributed by atoms with Gasteiger partial charge in [0.25, 0.3) is 5.91 Å². The molecule has 3 heterocycles. The van der Waals surface area contributed by atoms with Gasteiger partial charge in [-0.25, -0.2) is 19.3 Å². The fourth-order valence-corrected chi connectivity index (χ4v) is 4.03. The number of aromatic nitrogens is 5. The molecule has 0 aliphatic heterocycles. The molecule has 0 unspecified atom stereocenters. The summed E-state index contributed by atoms with van der Waals surface area (Å²) < 4.78 is 52.3. The zero-order valence-corrected chi connectivity index (χ0v) is 18.3. The summed E-state index contributed by atoms with van der Waals surface area (Å²) in [5.74, 6) is -1.71. The van der Waals surface area contributed by atoms with Gasteiger partial charge in [0, 0.05) is 51.7 Å². The molecule has 0 radical (unpaired) electrons. The Bertz CT molecular complexity index is 1300. The molecule has 33 heavy (non-hydrogen) atoms. The van der Waals surface area contributed by atoms with Gasteiger partial charge in [0.15, 0.2) is 0 Å². The van der Waals surface area contributed by atoms with Crippen molar-refractivity contribution in [3.63, 3.8) is 0 Å².